The van der Waals surface area contributed by atoms with Gasteiger partial charge in [-0.05, 0) is 19.9 Å². The van der Waals surface area contributed by atoms with E-state index in [4.69, 9.17) is 19.8 Å². The fourth-order valence-electron chi connectivity index (χ4n) is 2.27. The summed E-state index contributed by atoms with van der Waals surface area (Å²) in [5.74, 6) is -4.39. The van der Waals surface area contributed by atoms with E-state index in [-0.39, 0.29) is 0 Å². The number of hydrogen-bond acceptors (Lipinski definition) is 5. The topological polar surface area (TPSA) is 94.0 Å². The van der Waals surface area contributed by atoms with Crippen LogP contribution in [-0.2, 0) is 16.1 Å². The summed E-state index contributed by atoms with van der Waals surface area (Å²) in [5, 5.41) is 14.2. The first-order chi connectivity index (χ1) is 14.1. The maximum absolute atomic E-state index is 10.6. The number of rotatable bonds is 3. The monoisotopic (exact) mass is 459 g/mol. The molecule has 0 amide bonds. The number of halogens is 6. The minimum absolute atomic E-state index is 0.576. The summed E-state index contributed by atoms with van der Waals surface area (Å²) in [6, 6.07) is 4.78. The first-order valence-electron chi connectivity index (χ1n) is 8.75. The van der Waals surface area contributed by atoms with Crippen LogP contribution in [0, 0.1) is 0 Å². The van der Waals surface area contributed by atoms with Crippen molar-refractivity contribution in [3.05, 3.63) is 36.5 Å². The molecule has 0 aliphatic carbocycles. The quantitative estimate of drug-likeness (QED) is 0.527. The summed E-state index contributed by atoms with van der Waals surface area (Å²) in [7, 11) is 0. The van der Waals surface area contributed by atoms with E-state index in [1.807, 2.05) is 18.3 Å². The molecule has 13 heteroatoms. The molecule has 1 aromatic heterocycles. The molecule has 0 atom stereocenters. The van der Waals surface area contributed by atoms with E-state index in [1.165, 1.54) is 5.56 Å². The molecule has 1 aromatic rings. The summed E-state index contributed by atoms with van der Waals surface area (Å²) in [6.45, 7) is 12.3. The number of nitrogens with zero attached hydrogens (tertiary/aromatic N) is 3. The molecule has 176 valence electrons. The van der Waals surface area contributed by atoms with Crippen molar-refractivity contribution in [3.8, 4) is 0 Å². The number of carboxylic acid groups (broad SMARTS) is 2. The number of carboxylic acids is 2. The van der Waals surface area contributed by atoms with Crippen molar-refractivity contribution in [1.82, 2.24) is 9.88 Å². The van der Waals surface area contributed by atoms with Gasteiger partial charge in [-0.25, -0.2) is 14.6 Å². The van der Waals surface area contributed by atoms with Gasteiger partial charge in [0.1, 0.15) is 5.82 Å². The van der Waals surface area contributed by atoms with E-state index in [0.29, 0.717) is 6.04 Å². The molecule has 2 N–H and O–H groups in total. The van der Waals surface area contributed by atoms with E-state index >= 15 is 0 Å². The molecule has 1 aliphatic rings. The third-order valence-corrected chi connectivity index (χ3v) is 3.76. The van der Waals surface area contributed by atoms with Crippen LogP contribution in [0.5, 0.6) is 0 Å². The van der Waals surface area contributed by atoms with Crippen LogP contribution in [-0.4, -0.2) is 70.1 Å². The molecular formula is C18H23F6N3O4. The van der Waals surface area contributed by atoms with Crippen LogP contribution in [0.15, 0.2) is 31.0 Å². The third kappa shape index (κ3) is 10.7. The van der Waals surface area contributed by atoms with Crippen molar-refractivity contribution < 1.29 is 46.1 Å². The van der Waals surface area contributed by atoms with Gasteiger partial charge in [-0.2, -0.15) is 26.3 Å². The molecular weight excluding hydrogens is 436 g/mol. The number of aromatic nitrogens is 1. The van der Waals surface area contributed by atoms with Crippen molar-refractivity contribution in [2.24, 2.45) is 0 Å². The average molecular weight is 459 g/mol. The zero-order valence-corrected chi connectivity index (χ0v) is 16.7. The lowest BCUT2D eigenvalue weighted by molar-refractivity contribution is -0.193. The van der Waals surface area contributed by atoms with Crippen LogP contribution in [0.3, 0.4) is 0 Å². The number of fused-ring (bicyclic) bond motifs is 1. The van der Waals surface area contributed by atoms with Crippen LogP contribution in [0.25, 0.3) is 0 Å². The highest BCUT2D eigenvalue weighted by atomic mass is 19.4. The molecule has 0 saturated carbocycles. The lowest BCUT2D eigenvalue weighted by atomic mass is 10.2. The Kier molecular flexibility index (Phi) is 11.0. The maximum Gasteiger partial charge on any atom is 0.490 e. The van der Waals surface area contributed by atoms with Gasteiger partial charge in [0, 0.05) is 44.0 Å². The molecule has 0 aromatic carbocycles. The molecule has 31 heavy (non-hydrogen) atoms. The van der Waals surface area contributed by atoms with E-state index in [0.717, 1.165) is 32.0 Å². The zero-order valence-electron chi connectivity index (χ0n) is 16.7. The fourth-order valence-corrected chi connectivity index (χ4v) is 2.27. The molecule has 0 spiro atoms. The smallest absolute Gasteiger partial charge is 0.475 e. The Morgan fingerprint density at radius 1 is 1.13 bits per heavy atom. The van der Waals surface area contributed by atoms with Crippen LogP contribution < -0.4 is 4.90 Å². The predicted molar refractivity (Wildman–Crippen MR) is 99.6 cm³/mol. The molecule has 0 bridgehead atoms. The van der Waals surface area contributed by atoms with E-state index in [9.17, 15) is 26.3 Å². The Balaban J connectivity index is 0.000000536. The van der Waals surface area contributed by atoms with Crippen molar-refractivity contribution in [2.75, 3.05) is 24.5 Å². The van der Waals surface area contributed by atoms with Crippen LogP contribution in [0.2, 0.25) is 0 Å². The van der Waals surface area contributed by atoms with Gasteiger partial charge in [-0.15, -0.1) is 6.58 Å². The largest absolute Gasteiger partial charge is 0.490 e. The molecule has 0 unspecified atom stereocenters. The number of carbonyl (C=O) groups is 2. The number of aliphatic carboxylic acids is 2. The minimum atomic E-state index is -5.08. The molecule has 0 radical (unpaired) electrons. The summed E-state index contributed by atoms with van der Waals surface area (Å²) < 4.78 is 63.5. The van der Waals surface area contributed by atoms with Gasteiger partial charge in [0.2, 0.25) is 0 Å². The van der Waals surface area contributed by atoms with Crippen molar-refractivity contribution in [2.45, 2.75) is 38.8 Å². The number of pyridine rings is 1. The summed E-state index contributed by atoms with van der Waals surface area (Å²) in [5.41, 5.74) is 1.32. The van der Waals surface area contributed by atoms with Crippen LogP contribution in [0.4, 0.5) is 32.2 Å². The van der Waals surface area contributed by atoms with Crippen molar-refractivity contribution in [3.63, 3.8) is 0 Å². The fraction of sp³-hybridized carbons (Fsp3) is 0.500. The highest BCUT2D eigenvalue weighted by Crippen LogP contribution is 2.23. The van der Waals surface area contributed by atoms with Gasteiger partial charge in [-0.1, -0.05) is 12.1 Å². The maximum atomic E-state index is 10.6. The van der Waals surface area contributed by atoms with Crippen molar-refractivity contribution >= 4 is 17.8 Å². The number of alkyl halides is 6. The van der Waals surface area contributed by atoms with Crippen LogP contribution >= 0.6 is 0 Å². The summed E-state index contributed by atoms with van der Waals surface area (Å²) in [4.78, 5) is 27.1. The molecule has 2 rings (SSSR count). The standard InChI is InChI=1S/C14H21N3.2C2HF3O2/c1-4-8-16-9-10-17(12(2)3)11-13-6-5-7-15-14(13)16;2*3-2(4,5)1(6)7/h4-7,12H,1,8-11H2,2-3H3;2*(H,6,7). The second-order valence-electron chi connectivity index (χ2n) is 6.39. The number of anilines is 1. The van der Waals surface area contributed by atoms with Gasteiger partial charge in [0.25, 0.3) is 0 Å². The van der Waals surface area contributed by atoms with Gasteiger partial charge < -0.3 is 15.1 Å². The van der Waals surface area contributed by atoms with E-state index in [2.05, 4.69) is 41.3 Å². The first kappa shape index (κ1) is 28.2. The molecule has 0 saturated heterocycles. The molecule has 7 nitrogen and oxygen atoms in total. The normalized spacial score (nSPS) is 14.3. The number of hydrogen-bond donors (Lipinski definition) is 2. The minimum Gasteiger partial charge on any atom is -0.475 e. The SMILES string of the molecule is C=CCN1CCN(C(C)C)Cc2cccnc21.O=C(O)C(F)(F)F.O=C(O)C(F)(F)F. The van der Waals surface area contributed by atoms with Gasteiger partial charge >= 0.3 is 24.3 Å². The van der Waals surface area contributed by atoms with Crippen molar-refractivity contribution in [1.29, 1.82) is 0 Å². The van der Waals surface area contributed by atoms with Gasteiger partial charge in [-0.3, -0.25) is 4.90 Å². The molecule has 1 aliphatic heterocycles. The van der Waals surface area contributed by atoms with E-state index in [1.54, 1.807) is 0 Å². The van der Waals surface area contributed by atoms with Crippen LogP contribution in [0.1, 0.15) is 19.4 Å². The second-order valence-corrected chi connectivity index (χ2v) is 6.39. The molecule has 0 fully saturated rings. The predicted octanol–water partition coefficient (Wildman–Crippen LogP) is 3.56. The second kappa shape index (κ2) is 12.1. The third-order valence-electron chi connectivity index (χ3n) is 3.76. The van der Waals surface area contributed by atoms with Gasteiger partial charge in [0.05, 0.1) is 0 Å². The Labute approximate surface area is 174 Å². The first-order valence-corrected chi connectivity index (χ1v) is 8.75. The Hall–Kier alpha value is -2.83. The lowest BCUT2D eigenvalue weighted by Gasteiger charge is -2.25. The molecule has 2 heterocycles. The highest BCUT2D eigenvalue weighted by molar-refractivity contribution is 5.73. The summed E-state index contributed by atoms with van der Waals surface area (Å²) in [6.07, 6.45) is -6.34. The van der Waals surface area contributed by atoms with Gasteiger partial charge in [0.15, 0.2) is 0 Å². The lowest BCUT2D eigenvalue weighted by Crippen LogP contribution is -2.35. The summed E-state index contributed by atoms with van der Waals surface area (Å²) >= 11 is 0. The van der Waals surface area contributed by atoms with E-state index < -0.39 is 24.3 Å². The zero-order chi connectivity index (χ0) is 24.4. The Morgan fingerprint density at radius 3 is 2.00 bits per heavy atom. The Bertz CT molecular complexity index is 714. The average Bonchev–Trinajstić information content (AvgIpc) is 2.81. The Morgan fingerprint density at radius 2 is 1.61 bits per heavy atom. The highest BCUT2D eigenvalue weighted by Gasteiger charge is 2.38.